The second-order valence-electron chi connectivity index (χ2n) is 5.22. The Morgan fingerprint density at radius 2 is 2.28 bits per heavy atom. The van der Waals surface area contributed by atoms with Crippen LogP contribution in [0.2, 0.25) is 0 Å². The minimum Gasteiger partial charge on any atom is -0.495 e. The first-order valence-electron chi connectivity index (χ1n) is 7.00. The molecule has 18 heavy (non-hydrogen) atoms. The third kappa shape index (κ3) is 3.02. The van der Waals surface area contributed by atoms with E-state index in [0.29, 0.717) is 12.0 Å². The van der Waals surface area contributed by atoms with E-state index in [9.17, 15) is 0 Å². The summed E-state index contributed by atoms with van der Waals surface area (Å²) in [6.07, 6.45) is 5.72. The highest BCUT2D eigenvalue weighted by Crippen LogP contribution is 2.43. The van der Waals surface area contributed by atoms with Crippen molar-refractivity contribution in [1.82, 2.24) is 10.3 Å². The van der Waals surface area contributed by atoms with Crippen LogP contribution in [0.4, 0.5) is 0 Å². The van der Waals surface area contributed by atoms with Crippen molar-refractivity contribution < 1.29 is 4.74 Å². The van der Waals surface area contributed by atoms with Crippen molar-refractivity contribution in [2.75, 3.05) is 13.7 Å². The van der Waals surface area contributed by atoms with Gasteiger partial charge >= 0.3 is 0 Å². The van der Waals surface area contributed by atoms with Crippen molar-refractivity contribution in [1.29, 1.82) is 0 Å². The number of hydrogen-bond acceptors (Lipinski definition) is 3. The number of aromatic nitrogens is 1. The number of hydrogen-bond donors (Lipinski definition) is 1. The van der Waals surface area contributed by atoms with E-state index in [1.54, 1.807) is 7.11 Å². The Morgan fingerprint density at radius 3 is 2.89 bits per heavy atom. The van der Waals surface area contributed by atoms with Crippen LogP contribution < -0.4 is 10.1 Å². The quantitative estimate of drug-likeness (QED) is 0.804. The fourth-order valence-corrected chi connectivity index (χ4v) is 2.53. The zero-order chi connectivity index (χ0) is 13.0. The molecule has 1 aromatic heterocycles. The lowest BCUT2D eigenvalue weighted by atomic mass is 9.93. The lowest BCUT2D eigenvalue weighted by molar-refractivity contribution is 0.324. The summed E-state index contributed by atoms with van der Waals surface area (Å²) in [5, 5.41) is 3.64. The molecule has 1 N–H and O–H groups in total. The van der Waals surface area contributed by atoms with Gasteiger partial charge in [-0.05, 0) is 49.8 Å². The van der Waals surface area contributed by atoms with E-state index in [1.165, 1.54) is 12.8 Å². The standard InChI is InChI=1S/C15H24N2O/c1-4-9-16-14(11(2)12-7-8-12)15-13(18-3)6-5-10-17-15/h5-6,10-12,14,16H,4,7-9H2,1-3H3. The summed E-state index contributed by atoms with van der Waals surface area (Å²) in [4.78, 5) is 4.55. The molecular weight excluding hydrogens is 224 g/mol. The normalized spacial score (nSPS) is 18.4. The Hall–Kier alpha value is -1.09. The van der Waals surface area contributed by atoms with E-state index in [2.05, 4.69) is 24.1 Å². The van der Waals surface area contributed by atoms with Gasteiger partial charge in [0.25, 0.3) is 0 Å². The Kier molecular flexibility index (Phi) is 4.59. The van der Waals surface area contributed by atoms with Crippen LogP contribution in [0.25, 0.3) is 0 Å². The minimum atomic E-state index is 0.314. The van der Waals surface area contributed by atoms with Crippen molar-refractivity contribution in [3.8, 4) is 5.75 Å². The molecule has 0 aromatic carbocycles. The smallest absolute Gasteiger partial charge is 0.141 e. The predicted octanol–water partition coefficient (Wildman–Crippen LogP) is 3.18. The Bertz CT molecular complexity index is 377. The van der Waals surface area contributed by atoms with E-state index in [0.717, 1.165) is 30.3 Å². The molecule has 2 unspecified atom stereocenters. The number of methoxy groups -OCH3 is 1. The average molecular weight is 248 g/mol. The van der Waals surface area contributed by atoms with Crippen LogP contribution in [0.15, 0.2) is 18.3 Å². The van der Waals surface area contributed by atoms with E-state index in [1.807, 2.05) is 18.3 Å². The molecular formula is C15H24N2O. The number of ether oxygens (including phenoxy) is 1. The summed E-state index contributed by atoms with van der Waals surface area (Å²) in [5.41, 5.74) is 1.06. The van der Waals surface area contributed by atoms with E-state index in [-0.39, 0.29) is 0 Å². The van der Waals surface area contributed by atoms with E-state index >= 15 is 0 Å². The van der Waals surface area contributed by atoms with Gasteiger partial charge in [0, 0.05) is 6.20 Å². The van der Waals surface area contributed by atoms with Crippen LogP contribution in [-0.4, -0.2) is 18.6 Å². The van der Waals surface area contributed by atoms with Crippen LogP contribution in [0.3, 0.4) is 0 Å². The SMILES string of the molecule is CCCNC(c1ncccc1OC)C(C)C1CC1. The highest BCUT2D eigenvalue weighted by atomic mass is 16.5. The molecule has 1 aliphatic carbocycles. The number of nitrogens with zero attached hydrogens (tertiary/aromatic N) is 1. The second-order valence-corrected chi connectivity index (χ2v) is 5.22. The molecule has 1 heterocycles. The maximum absolute atomic E-state index is 5.45. The Labute approximate surface area is 110 Å². The summed E-state index contributed by atoms with van der Waals surface area (Å²) in [6, 6.07) is 4.25. The topological polar surface area (TPSA) is 34.2 Å². The largest absolute Gasteiger partial charge is 0.495 e. The molecule has 2 atom stereocenters. The van der Waals surface area contributed by atoms with Crippen LogP contribution in [0.1, 0.15) is 44.8 Å². The van der Waals surface area contributed by atoms with Crippen molar-refractivity contribution >= 4 is 0 Å². The highest BCUT2D eigenvalue weighted by molar-refractivity contribution is 5.30. The van der Waals surface area contributed by atoms with Crippen molar-refractivity contribution in [2.45, 2.75) is 39.2 Å². The monoisotopic (exact) mass is 248 g/mol. The lowest BCUT2D eigenvalue weighted by Crippen LogP contribution is -2.29. The second kappa shape index (κ2) is 6.19. The molecule has 0 amide bonds. The summed E-state index contributed by atoms with van der Waals surface area (Å²) in [5.74, 6) is 2.38. The molecule has 1 aliphatic rings. The van der Waals surface area contributed by atoms with Gasteiger partial charge in [-0.15, -0.1) is 0 Å². The summed E-state index contributed by atoms with van der Waals surface area (Å²) < 4.78 is 5.45. The molecule has 3 heteroatoms. The van der Waals surface area contributed by atoms with Crippen LogP contribution in [-0.2, 0) is 0 Å². The molecule has 0 saturated heterocycles. The average Bonchev–Trinajstić information content (AvgIpc) is 3.23. The highest BCUT2D eigenvalue weighted by Gasteiger charge is 2.35. The van der Waals surface area contributed by atoms with Crippen LogP contribution >= 0.6 is 0 Å². The molecule has 2 rings (SSSR count). The first-order valence-corrected chi connectivity index (χ1v) is 7.00. The van der Waals surface area contributed by atoms with Gasteiger partial charge in [-0.1, -0.05) is 13.8 Å². The lowest BCUT2D eigenvalue weighted by Gasteiger charge is -2.26. The summed E-state index contributed by atoms with van der Waals surface area (Å²) in [7, 11) is 1.72. The van der Waals surface area contributed by atoms with Gasteiger partial charge in [0.15, 0.2) is 0 Å². The summed E-state index contributed by atoms with van der Waals surface area (Å²) >= 11 is 0. The number of pyridine rings is 1. The van der Waals surface area contributed by atoms with Gasteiger partial charge < -0.3 is 10.1 Å². The van der Waals surface area contributed by atoms with Crippen molar-refractivity contribution in [2.24, 2.45) is 11.8 Å². The Morgan fingerprint density at radius 1 is 1.50 bits per heavy atom. The zero-order valence-electron chi connectivity index (χ0n) is 11.6. The third-order valence-electron chi connectivity index (χ3n) is 3.82. The van der Waals surface area contributed by atoms with E-state index in [4.69, 9.17) is 4.74 Å². The number of rotatable bonds is 7. The van der Waals surface area contributed by atoms with Crippen molar-refractivity contribution in [3.05, 3.63) is 24.0 Å². The van der Waals surface area contributed by atoms with Gasteiger partial charge in [0.2, 0.25) is 0 Å². The fourth-order valence-electron chi connectivity index (χ4n) is 2.53. The molecule has 0 radical (unpaired) electrons. The van der Waals surface area contributed by atoms with Crippen molar-refractivity contribution in [3.63, 3.8) is 0 Å². The first kappa shape index (κ1) is 13.3. The van der Waals surface area contributed by atoms with Gasteiger partial charge in [-0.3, -0.25) is 4.98 Å². The molecule has 0 bridgehead atoms. The number of nitrogens with one attached hydrogen (secondary N) is 1. The molecule has 1 fully saturated rings. The first-order chi connectivity index (χ1) is 8.77. The van der Waals surface area contributed by atoms with Gasteiger partial charge in [-0.25, -0.2) is 0 Å². The molecule has 3 nitrogen and oxygen atoms in total. The molecule has 1 saturated carbocycles. The fraction of sp³-hybridized carbons (Fsp3) is 0.667. The maximum atomic E-state index is 5.45. The third-order valence-corrected chi connectivity index (χ3v) is 3.82. The van der Waals surface area contributed by atoms with Gasteiger partial charge in [-0.2, -0.15) is 0 Å². The van der Waals surface area contributed by atoms with E-state index < -0.39 is 0 Å². The maximum Gasteiger partial charge on any atom is 0.141 e. The predicted molar refractivity (Wildman–Crippen MR) is 73.7 cm³/mol. The van der Waals surface area contributed by atoms with Gasteiger partial charge in [0.05, 0.1) is 18.8 Å². The Balaban J connectivity index is 2.20. The molecule has 0 spiro atoms. The van der Waals surface area contributed by atoms with Gasteiger partial charge in [0.1, 0.15) is 5.75 Å². The molecule has 0 aliphatic heterocycles. The van der Waals surface area contributed by atoms with Crippen LogP contribution in [0.5, 0.6) is 5.75 Å². The molecule has 1 aromatic rings. The summed E-state index contributed by atoms with van der Waals surface area (Å²) in [6.45, 7) is 5.56. The van der Waals surface area contributed by atoms with Crippen LogP contribution in [0, 0.1) is 11.8 Å². The minimum absolute atomic E-state index is 0.314. The molecule has 100 valence electrons. The zero-order valence-corrected chi connectivity index (χ0v) is 11.6.